The van der Waals surface area contributed by atoms with E-state index in [-0.39, 0.29) is 17.6 Å². The quantitative estimate of drug-likeness (QED) is 0.847. The second-order valence-corrected chi connectivity index (χ2v) is 5.76. The fourth-order valence-corrected chi connectivity index (χ4v) is 3.05. The van der Waals surface area contributed by atoms with Gasteiger partial charge in [0.2, 0.25) is 0 Å². The van der Waals surface area contributed by atoms with Crippen LogP contribution in [0.5, 0.6) is 5.75 Å². The molecule has 2 aromatic rings. The van der Waals surface area contributed by atoms with Crippen LogP contribution in [0.25, 0.3) is 0 Å². The molecule has 0 saturated heterocycles. The molecule has 4 nitrogen and oxygen atoms in total. The number of halogens is 1. The molecule has 2 amide bonds. The highest BCUT2D eigenvalue weighted by Gasteiger charge is 2.40. The summed E-state index contributed by atoms with van der Waals surface area (Å²) in [4.78, 5) is 26.3. The predicted molar refractivity (Wildman–Crippen MR) is 81.2 cm³/mol. The van der Waals surface area contributed by atoms with Crippen molar-refractivity contribution in [2.24, 2.45) is 0 Å². The minimum absolute atomic E-state index is 0.149. The first-order valence-electron chi connectivity index (χ1n) is 6.46. The zero-order valence-electron chi connectivity index (χ0n) is 11.2. The van der Waals surface area contributed by atoms with Gasteiger partial charge in [0.1, 0.15) is 5.75 Å². The summed E-state index contributed by atoms with van der Waals surface area (Å²) in [7, 11) is 0. The largest absolute Gasteiger partial charge is 0.508 e. The highest BCUT2D eigenvalue weighted by molar-refractivity contribution is 9.10. The lowest BCUT2D eigenvalue weighted by molar-refractivity contribution is 0.0595. The zero-order chi connectivity index (χ0) is 15.1. The summed E-state index contributed by atoms with van der Waals surface area (Å²) in [6, 6.07) is 11.2. The summed E-state index contributed by atoms with van der Waals surface area (Å²) >= 11 is 3.32. The molecule has 1 atom stereocenters. The van der Waals surface area contributed by atoms with Gasteiger partial charge in [-0.25, -0.2) is 0 Å². The lowest BCUT2D eigenvalue weighted by Gasteiger charge is -2.22. The molecule has 106 valence electrons. The minimum Gasteiger partial charge on any atom is -0.508 e. The van der Waals surface area contributed by atoms with E-state index in [1.165, 1.54) is 4.90 Å². The molecular weight excluding hydrogens is 334 g/mol. The van der Waals surface area contributed by atoms with Crippen LogP contribution in [0.2, 0.25) is 0 Å². The van der Waals surface area contributed by atoms with Crippen molar-refractivity contribution in [1.82, 2.24) is 4.90 Å². The fourth-order valence-electron chi connectivity index (χ4n) is 2.52. The predicted octanol–water partition coefficient (Wildman–Crippen LogP) is 3.51. The van der Waals surface area contributed by atoms with Crippen LogP contribution >= 0.6 is 15.9 Å². The number of benzene rings is 2. The maximum Gasteiger partial charge on any atom is 0.263 e. The van der Waals surface area contributed by atoms with Gasteiger partial charge >= 0.3 is 0 Å². The summed E-state index contributed by atoms with van der Waals surface area (Å²) in [5, 5.41) is 9.33. The van der Waals surface area contributed by atoms with Gasteiger partial charge in [0, 0.05) is 4.47 Å². The van der Waals surface area contributed by atoms with Crippen LogP contribution < -0.4 is 0 Å². The SMILES string of the molecule is CC(c1ccc(O)cc1)N1C(=O)c2cccc(Br)c2C1=O. The van der Waals surface area contributed by atoms with Crippen LogP contribution in [0.15, 0.2) is 46.9 Å². The fraction of sp³-hybridized carbons (Fsp3) is 0.125. The molecule has 1 heterocycles. The van der Waals surface area contributed by atoms with Crippen LogP contribution in [0, 0.1) is 0 Å². The molecule has 1 unspecified atom stereocenters. The Morgan fingerprint density at radius 1 is 1.05 bits per heavy atom. The molecular formula is C16H12BrNO3. The highest BCUT2D eigenvalue weighted by atomic mass is 79.9. The molecule has 0 aliphatic carbocycles. The average Bonchev–Trinajstić information content (AvgIpc) is 2.72. The number of imide groups is 1. The number of hydrogen-bond acceptors (Lipinski definition) is 3. The number of aromatic hydroxyl groups is 1. The van der Waals surface area contributed by atoms with Gasteiger partial charge in [-0.3, -0.25) is 14.5 Å². The van der Waals surface area contributed by atoms with E-state index in [1.54, 1.807) is 49.4 Å². The van der Waals surface area contributed by atoms with Crippen LogP contribution in [0.4, 0.5) is 0 Å². The van der Waals surface area contributed by atoms with Gasteiger partial charge in [-0.2, -0.15) is 0 Å². The molecule has 1 aliphatic rings. The average molecular weight is 346 g/mol. The maximum absolute atomic E-state index is 12.5. The standard InChI is InChI=1S/C16H12BrNO3/c1-9(10-5-7-11(19)8-6-10)18-15(20)12-3-2-4-13(17)14(12)16(18)21/h2-9,19H,1H3. The van der Waals surface area contributed by atoms with Crippen molar-refractivity contribution in [3.05, 3.63) is 63.6 Å². The van der Waals surface area contributed by atoms with Gasteiger partial charge in [0.25, 0.3) is 11.8 Å². The first kappa shape index (κ1) is 13.8. The molecule has 0 radical (unpaired) electrons. The number of carbonyl (C=O) groups is 2. The topological polar surface area (TPSA) is 57.6 Å². The second-order valence-electron chi connectivity index (χ2n) is 4.91. The van der Waals surface area contributed by atoms with E-state index in [0.717, 1.165) is 5.56 Å². The normalized spacial score (nSPS) is 15.2. The Kier molecular flexibility index (Phi) is 3.29. The minimum atomic E-state index is -0.398. The molecule has 5 heteroatoms. The van der Waals surface area contributed by atoms with Crippen molar-refractivity contribution in [2.45, 2.75) is 13.0 Å². The monoisotopic (exact) mass is 345 g/mol. The third kappa shape index (κ3) is 2.14. The third-order valence-electron chi connectivity index (χ3n) is 3.66. The van der Waals surface area contributed by atoms with Gasteiger partial charge in [-0.15, -0.1) is 0 Å². The maximum atomic E-state index is 12.5. The lowest BCUT2D eigenvalue weighted by Crippen LogP contribution is -2.32. The number of fused-ring (bicyclic) bond motifs is 1. The summed E-state index contributed by atoms with van der Waals surface area (Å²) < 4.78 is 0.624. The molecule has 3 rings (SSSR count). The van der Waals surface area contributed by atoms with E-state index in [2.05, 4.69) is 15.9 Å². The first-order chi connectivity index (χ1) is 10.0. The Morgan fingerprint density at radius 2 is 1.71 bits per heavy atom. The van der Waals surface area contributed by atoms with Gasteiger partial charge in [0.05, 0.1) is 17.2 Å². The molecule has 0 saturated carbocycles. The lowest BCUT2D eigenvalue weighted by atomic mass is 10.1. The van der Waals surface area contributed by atoms with Crippen molar-refractivity contribution in [2.75, 3.05) is 0 Å². The van der Waals surface area contributed by atoms with Crippen molar-refractivity contribution >= 4 is 27.7 Å². The van der Waals surface area contributed by atoms with Gasteiger partial charge < -0.3 is 5.11 Å². The molecule has 1 N–H and O–H groups in total. The zero-order valence-corrected chi connectivity index (χ0v) is 12.8. The van der Waals surface area contributed by atoms with E-state index in [4.69, 9.17) is 0 Å². The summed E-state index contributed by atoms with van der Waals surface area (Å²) in [6.07, 6.45) is 0. The van der Waals surface area contributed by atoms with E-state index in [9.17, 15) is 14.7 Å². The number of amides is 2. The number of rotatable bonds is 2. The molecule has 21 heavy (non-hydrogen) atoms. The van der Waals surface area contributed by atoms with Gasteiger partial charge in [-0.05, 0) is 52.7 Å². The summed E-state index contributed by atoms with van der Waals surface area (Å²) in [6.45, 7) is 1.79. The molecule has 0 aromatic heterocycles. The number of phenols is 1. The highest BCUT2D eigenvalue weighted by Crippen LogP contribution is 2.34. The Morgan fingerprint density at radius 3 is 2.33 bits per heavy atom. The summed E-state index contributed by atoms with van der Waals surface area (Å²) in [5.41, 5.74) is 1.62. The smallest absolute Gasteiger partial charge is 0.263 e. The Labute approximate surface area is 130 Å². The number of hydrogen-bond donors (Lipinski definition) is 1. The Bertz CT molecular complexity index is 740. The Balaban J connectivity index is 2.02. The molecule has 1 aliphatic heterocycles. The third-order valence-corrected chi connectivity index (χ3v) is 4.32. The number of nitrogens with zero attached hydrogens (tertiary/aromatic N) is 1. The second kappa shape index (κ2) is 5.00. The van der Waals surface area contributed by atoms with Crippen molar-refractivity contribution in [3.8, 4) is 5.75 Å². The number of phenolic OH excluding ortho intramolecular Hbond substituents is 1. The number of carbonyl (C=O) groups excluding carboxylic acids is 2. The molecule has 2 aromatic carbocycles. The van der Waals surface area contributed by atoms with Crippen LogP contribution in [-0.4, -0.2) is 21.8 Å². The molecule has 0 spiro atoms. The van der Waals surface area contributed by atoms with E-state index < -0.39 is 6.04 Å². The Hall–Kier alpha value is -2.14. The van der Waals surface area contributed by atoms with E-state index in [1.807, 2.05) is 0 Å². The van der Waals surface area contributed by atoms with Crippen LogP contribution in [-0.2, 0) is 0 Å². The summed E-state index contributed by atoms with van der Waals surface area (Å²) in [5.74, 6) is -0.448. The molecule has 0 fully saturated rings. The van der Waals surface area contributed by atoms with Crippen LogP contribution in [0.3, 0.4) is 0 Å². The van der Waals surface area contributed by atoms with E-state index in [0.29, 0.717) is 15.6 Å². The van der Waals surface area contributed by atoms with Crippen molar-refractivity contribution in [1.29, 1.82) is 0 Å². The van der Waals surface area contributed by atoms with E-state index >= 15 is 0 Å². The molecule has 0 bridgehead atoms. The van der Waals surface area contributed by atoms with Crippen molar-refractivity contribution in [3.63, 3.8) is 0 Å². The first-order valence-corrected chi connectivity index (χ1v) is 7.25. The van der Waals surface area contributed by atoms with Gasteiger partial charge in [-0.1, -0.05) is 18.2 Å². The van der Waals surface area contributed by atoms with Crippen molar-refractivity contribution < 1.29 is 14.7 Å². The van der Waals surface area contributed by atoms with Gasteiger partial charge in [0.15, 0.2) is 0 Å². The van der Waals surface area contributed by atoms with Crippen LogP contribution in [0.1, 0.15) is 39.2 Å².